The minimum Gasteiger partial charge on any atom is -0.491 e. The number of hydrogen-bond acceptors (Lipinski definition) is 1. The maximum atomic E-state index is 14.2. The Hall–Kier alpha value is -0.613. The number of halogens is 3. The Balaban J connectivity index is 1.33. The Morgan fingerprint density at radius 3 is 2.25 bits per heavy atom. The maximum Gasteiger partial charge on any atom is 0.200 e. The number of hydrogen-bond donors (Lipinski definition) is 0. The summed E-state index contributed by atoms with van der Waals surface area (Å²) in [6.45, 7) is 4.39. The molecule has 1 aliphatic heterocycles. The topological polar surface area (TPSA) is 9.23 Å². The summed E-state index contributed by atoms with van der Waals surface area (Å²) >= 11 is 7.03. The van der Waals surface area contributed by atoms with Gasteiger partial charge in [-0.15, -0.1) is 0 Å². The largest absolute Gasteiger partial charge is 0.491 e. The Morgan fingerprint density at radius 1 is 0.906 bits per heavy atom. The van der Waals surface area contributed by atoms with Crippen LogP contribution in [0.3, 0.4) is 0 Å². The molecule has 2 fully saturated rings. The highest BCUT2D eigenvalue weighted by Gasteiger charge is 2.38. The molecular weight excluding hydrogens is 442 g/mol. The highest BCUT2D eigenvalue weighted by atomic mass is 35.6. The number of ether oxygens (including phenoxy) is 1. The smallest absolute Gasteiger partial charge is 0.200 e. The Kier molecular flexibility index (Phi) is 10.4. The molecule has 0 unspecified atom stereocenters. The number of rotatable bonds is 11. The summed E-state index contributed by atoms with van der Waals surface area (Å²) in [5.74, 6) is 1.11. The van der Waals surface area contributed by atoms with Gasteiger partial charge in [-0.2, -0.15) is 15.5 Å². The zero-order valence-electron chi connectivity index (χ0n) is 20.2. The summed E-state index contributed by atoms with van der Waals surface area (Å²) in [7, 11) is -1.43. The second kappa shape index (κ2) is 12.7. The second-order valence-electron chi connectivity index (χ2n) is 10.4. The molecule has 182 valence electrons. The van der Waals surface area contributed by atoms with Crippen molar-refractivity contribution >= 4 is 18.5 Å². The van der Waals surface area contributed by atoms with Crippen LogP contribution in [0.15, 0.2) is 12.1 Å². The normalized spacial score (nSPS) is 28.6. The van der Waals surface area contributed by atoms with E-state index in [-0.39, 0.29) is 5.75 Å². The van der Waals surface area contributed by atoms with Gasteiger partial charge >= 0.3 is 0 Å². The first-order valence-corrected chi connectivity index (χ1v) is 16.9. The van der Waals surface area contributed by atoms with Gasteiger partial charge in [0.05, 0.1) is 6.61 Å². The quantitative estimate of drug-likeness (QED) is 0.173. The van der Waals surface area contributed by atoms with Crippen LogP contribution in [0.5, 0.6) is 5.75 Å². The van der Waals surface area contributed by atoms with E-state index >= 15 is 0 Å². The molecule has 1 aliphatic carbocycles. The van der Waals surface area contributed by atoms with Crippen molar-refractivity contribution in [1.29, 1.82) is 0 Å². The van der Waals surface area contributed by atoms with E-state index < -0.39 is 19.0 Å². The highest BCUT2D eigenvalue weighted by molar-refractivity contribution is 7.20. The molecular formula is C27H43ClF2OSi. The van der Waals surface area contributed by atoms with E-state index in [0.717, 1.165) is 30.6 Å². The van der Waals surface area contributed by atoms with E-state index in [1.54, 1.807) is 19.1 Å². The first-order valence-electron chi connectivity index (χ1n) is 13.2. The fraction of sp³-hybridized carbons (Fsp3) is 0.778. The lowest BCUT2D eigenvalue weighted by molar-refractivity contribution is 0.184. The molecule has 1 aromatic rings. The zero-order chi connectivity index (χ0) is 23.0. The SMILES string of the molecule is CCCC[Si]1(Cl)CCC(C2CCC(CCCCc3ccc(OCC)c(F)c3F)CC2)CC1. The standard InChI is InChI=1S/C27H43ClF2OSi/c1-3-5-18-32(28)19-16-23(17-20-32)22-12-10-21(11-13-22)8-6-7-9-24-14-15-25(31-4-2)27(30)26(24)29/h14-15,21-23H,3-13,16-20H2,1-2H3. The van der Waals surface area contributed by atoms with Crippen LogP contribution in [0, 0.1) is 29.4 Å². The van der Waals surface area contributed by atoms with Crippen LogP contribution in [0.25, 0.3) is 0 Å². The van der Waals surface area contributed by atoms with Crippen molar-refractivity contribution in [2.45, 2.75) is 109 Å². The van der Waals surface area contributed by atoms with Crippen LogP contribution < -0.4 is 4.74 Å². The van der Waals surface area contributed by atoms with Crippen molar-refractivity contribution in [2.24, 2.45) is 17.8 Å². The van der Waals surface area contributed by atoms with E-state index in [4.69, 9.17) is 15.8 Å². The molecule has 32 heavy (non-hydrogen) atoms. The average molecular weight is 485 g/mol. The zero-order valence-corrected chi connectivity index (χ0v) is 22.0. The minimum absolute atomic E-state index is 0.0171. The Labute approximate surface area is 200 Å². The summed E-state index contributed by atoms with van der Waals surface area (Å²) in [6.07, 6.45) is 14.7. The first-order chi connectivity index (χ1) is 15.5. The molecule has 0 spiro atoms. The molecule has 0 bridgehead atoms. The summed E-state index contributed by atoms with van der Waals surface area (Å²) in [6, 6.07) is 7.27. The van der Waals surface area contributed by atoms with Gasteiger partial charge in [0.1, 0.15) is 0 Å². The predicted octanol–water partition coefficient (Wildman–Crippen LogP) is 9.28. The highest BCUT2D eigenvalue weighted by Crippen LogP contribution is 2.46. The molecule has 0 atom stereocenters. The van der Waals surface area contributed by atoms with Crippen molar-refractivity contribution in [3.8, 4) is 5.75 Å². The molecule has 1 saturated carbocycles. The summed E-state index contributed by atoms with van der Waals surface area (Å²) in [5, 5.41) is 0. The number of aryl methyl sites for hydroxylation is 1. The molecule has 3 rings (SSSR count). The van der Waals surface area contributed by atoms with Crippen molar-refractivity contribution in [1.82, 2.24) is 0 Å². The van der Waals surface area contributed by atoms with E-state index in [0.29, 0.717) is 18.6 Å². The second-order valence-corrected chi connectivity index (χ2v) is 16.6. The van der Waals surface area contributed by atoms with Gasteiger partial charge < -0.3 is 4.74 Å². The van der Waals surface area contributed by atoms with Gasteiger partial charge in [0, 0.05) is 0 Å². The Morgan fingerprint density at radius 2 is 1.59 bits per heavy atom. The molecule has 1 heterocycles. The lowest BCUT2D eigenvalue weighted by Crippen LogP contribution is -2.35. The molecule has 0 radical (unpaired) electrons. The molecule has 0 amide bonds. The van der Waals surface area contributed by atoms with Crippen LogP contribution in [0.2, 0.25) is 18.1 Å². The summed E-state index contributed by atoms with van der Waals surface area (Å²) in [4.78, 5) is 0. The van der Waals surface area contributed by atoms with E-state index in [9.17, 15) is 8.78 Å². The van der Waals surface area contributed by atoms with Crippen LogP contribution in [-0.4, -0.2) is 14.0 Å². The molecule has 0 N–H and O–H groups in total. The van der Waals surface area contributed by atoms with E-state index in [1.807, 2.05) is 0 Å². The monoisotopic (exact) mass is 484 g/mol. The maximum absolute atomic E-state index is 14.2. The van der Waals surface area contributed by atoms with Gasteiger partial charge in [-0.1, -0.05) is 64.4 Å². The van der Waals surface area contributed by atoms with Crippen molar-refractivity contribution in [3.05, 3.63) is 29.3 Å². The van der Waals surface area contributed by atoms with Gasteiger partial charge in [-0.3, -0.25) is 0 Å². The fourth-order valence-electron chi connectivity index (χ4n) is 6.10. The summed E-state index contributed by atoms with van der Waals surface area (Å²) in [5.41, 5.74) is 0.477. The van der Waals surface area contributed by atoms with Gasteiger partial charge in [-0.25, -0.2) is 4.39 Å². The van der Waals surface area contributed by atoms with E-state index in [1.165, 1.54) is 75.9 Å². The van der Waals surface area contributed by atoms with E-state index in [2.05, 4.69) is 6.92 Å². The van der Waals surface area contributed by atoms with Gasteiger partial charge in [0.15, 0.2) is 19.0 Å². The van der Waals surface area contributed by atoms with Crippen molar-refractivity contribution < 1.29 is 13.5 Å². The molecule has 1 nitrogen and oxygen atoms in total. The van der Waals surface area contributed by atoms with Crippen molar-refractivity contribution in [2.75, 3.05) is 6.61 Å². The third kappa shape index (κ3) is 7.19. The van der Waals surface area contributed by atoms with Gasteiger partial charge in [0.25, 0.3) is 0 Å². The minimum atomic E-state index is -1.43. The lowest BCUT2D eigenvalue weighted by atomic mass is 9.73. The molecule has 5 heteroatoms. The third-order valence-corrected chi connectivity index (χ3v) is 13.5. The van der Waals surface area contributed by atoms with Gasteiger partial charge in [-0.05, 0) is 80.1 Å². The number of benzene rings is 1. The third-order valence-electron chi connectivity index (χ3n) is 8.20. The number of unbranched alkanes of at least 4 members (excludes halogenated alkanes) is 2. The van der Waals surface area contributed by atoms with Crippen LogP contribution in [-0.2, 0) is 6.42 Å². The Bertz CT molecular complexity index is 697. The van der Waals surface area contributed by atoms with Gasteiger partial charge in [0.2, 0.25) is 5.82 Å². The fourth-order valence-corrected chi connectivity index (χ4v) is 10.7. The lowest BCUT2D eigenvalue weighted by Gasteiger charge is -2.40. The van der Waals surface area contributed by atoms with Crippen molar-refractivity contribution in [3.63, 3.8) is 0 Å². The average Bonchev–Trinajstić information content (AvgIpc) is 2.81. The predicted molar refractivity (Wildman–Crippen MR) is 134 cm³/mol. The van der Waals surface area contributed by atoms with Crippen LogP contribution >= 0.6 is 11.1 Å². The first kappa shape index (κ1) is 26.0. The molecule has 0 aromatic heterocycles. The van der Waals surface area contributed by atoms with Crippen LogP contribution in [0.1, 0.15) is 90.0 Å². The molecule has 1 aromatic carbocycles. The molecule has 1 saturated heterocycles. The van der Waals surface area contributed by atoms with Crippen LogP contribution in [0.4, 0.5) is 8.78 Å². The summed E-state index contributed by atoms with van der Waals surface area (Å²) < 4.78 is 33.4. The molecule has 2 aliphatic rings.